The lowest BCUT2D eigenvalue weighted by molar-refractivity contribution is 0.394. The summed E-state index contributed by atoms with van der Waals surface area (Å²) < 4.78 is 19.0. The Bertz CT molecular complexity index is 641. The van der Waals surface area contributed by atoms with Crippen molar-refractivity contribution in [2.75, 3.05) is 7.11 Å². The molecule has 0 fully saturated rings. The number of methoxy groups -OCH3 is 1. The molecule has 0 spiro atoms. The first-order valence-corrected chi connectivity index (χ1v) is 8.15. The maximum atomic E-state index is 13.6. The molecule has 2 atom stereocenters. The Morgan fingerprint density at radius 1 is 1.19 bits per heavy atom. The number of rotatable bonds is 3. The van der Waals surface area contributed by atoms with Crippen molar-refractivity contribution in [3.8, 4) is 5.75 Å². The Morgan fingerprint density at radius 2 is 1.95 bits per heavy atom. The third kappa shape index (κ3) is 2.98. The predicted molar refractivity (Wildman–Crippen MR) is 86.6 cm³/mol. The number of alkyl halides is 1. The van der Waals surface area contributed by atoms with Gasteiger partial charge in [-0.1, -0.05) is 40.2 Å². The van der Waals surface area contributed by atoms with E-state index in [4.69, 9.17) is 4.74 Å². The first-order valence-electron chi connectivity index (χ1n) is 7.23. The maximum Gasteiger partial charge on any atom is 0.123 e. The highest BCUT2D eigenvalue weighted by Crippen LogP contribution is 2.42. The molecule has 3 rings (SSSR count). The first-order chi connectivity index (χ1) is 10.2. The zero-order valence-corrected chi connectivity index (χ0v) is 13.6. The van der Waals surface area contributed by atoms with Gasteiger partial charge in [0.25, 0.3) is 0 Å². The Kier molecular flexibility index (Phi) is 4.29. The van der Waals surface area contributed by atoms with Crippen molar-refractivity contribution in [3.63, 3.8) is 0 Å². The van der Waals surface area contributed by atoms with Crippen LogP contribution in [-0.2, 0) is 12.8 Å². The fraction of sp³-hybridized carbons (Fsp3) is 0.333. The molecule has 1 aliphatic carbocycles. The molecule has 21 heavy (non-hydrogen) atoms. The van der Waals surface area contributed by atoms with Gasteiger partial charge in [0, 0.05) is 10.4 Å². The van der Waals surface area contributed by atoms with Crippen LogP contribution in [0.25, 0.3) is 0 Å². The largest absolute Gasteiger partial charge is 0.496 e. The average molecular weight is 349 g/mol. The summed E-state index contributed by atoms with van der Waals surface area (Å²) in [5.74, 6) is 0.985. The van der Waals surface area contributed by atoms with Crippen molar-refractivity contribution in [2.24, 2.45) is 5.92 Å². The van der Waals surface area contributed by atoms with Crippen LogP contribution in [0.3, 0.4) is 0 Å². The summed E-state index contributed by atoms with van der Waals surface area (Å²) in [7, 11) is 1.63. The maximum absolute atomic E-state index is 13.6. The van der Waals surface area contributed by atoms with Gasteiger partial charge in [-0.15, -0.1) is 0 Å². The van der Waals surface area contributed by atoms with Gasteiger partial charge in [-0.25, -0.2) is 4.39 Å². The summed E-state index contributed by atoms with van der Waals surface area (Å²) in [4.78, 5) is 0.108. The Balaban J connectivity index is 1.87. The molecule has 1 nitrogen and oxygen atoms in total. The third-order valence-electron chi connectivity index (χ3n) is 4.29. The van der Waals surface area contributed by atoms with E-state index in [1.807, 2.05) is 0 Å². The standard InChI is InChI=1S/C18H18BrFO/c1-21-17-9-8-15(20)11-16(17)18(19)14-7-6-12-4-2-3-5-13(12)10-14/h2-5,8-9,11,14,18H,6-7,10H2,1H3. The summed E-state index contributed by atoms with van der Waals surface area (Å²) in [5, 5.41) is 0. The van der Waals surface area contributed by atoms with Crippen LogP contribution in [0.1, 0.15) is 27.9 Å². The van der Waals surface area contributed by atoms with Crippen LogP contribution in [-0.4, -0.2) is 7.11 Å². The van der Waals surface area contributed by atoms with Crippen LogP contribution in [0.15, 0.2) is 42.5 Å². The molecule has 0 amide bonds. The predicted octanol–water partition coefficient (Wildman–Crippen LogP) is 5.08. The first kappa shape index (κ1) is 14.6. The van der Waals surface area contributed by atoms with E-state index in [0.717, 1.165) is 30.6 Å². The van der Waals surface area contributed by atoms with E-state index >= 15 is 0 Å². The lowest BCUT2D eigenvalue weighted by Gasteiger charge is -2.29. The number of ether oxygens (including phenoxy) is 1. The SMILES string of the molecule is COc1ccc(F)cc1C(Br)C1CCc2ccccc2C1. The van der Waals surface area contributed by atoms with Crippen molar-refractivity contribution in [1.29, 1.82) is 0 Å². The fourth-order valence-corrected chi connectivity index (χ4v) is 3.96. The molecular formula is C18H18BrFO. The summed E-state index contributed by atoms with van der Waals surface area (Å²) in [6.45, 7) is 0. The molecule has 1 aliphatic rings. The van der Waals surface area contributed by atoms with Gasteiger partial charge in [0.2, 0.25) is 0 Å². The minimum atomic E-state index is -0.216. The quantitative estimate of drug-likeness (QED) is 0.703. The second kappa shape index (κ2) is 6.18. The lowest BCUT2D eigenvalue weighted by atomic mass is 9.80. The normalized spacial score (nSPS) is 18.9. The van der Waals surface area contributed by atoms with Gasteiger partial charge in [-0.3, -0.25) is 0 Å². The number of aryl methyl sites for hydroxylation is 1. The fourth-order valence-electron chi connectivity index (χ4n) is 3.15. The number of benzene rings is 2. The number of fused-ring (bicyclic) bond motifs is 1. The zero-order valence-electron chi connectivity index (χ0n) is 12.0. The molecule has 0 aliphatic heterocycles. The molecule has 0 radical (unpaired) electrons. The molecule has 2 aromatic rings. The minimum Gasteiger partial charge on any atom is -0.496 e. The van der Waals surface area contributed by atoms with E-state index in [2.05, 4.69) is 40.2 Å². The van der Waals surface area contributed by atoms with E-state index in [9.17, 15) is 4.39 Å². The van der Waals surface area contributed by atoms with Gasteiger partial charge in [0.1, 0.15) is 11.6 Å². The van der Waals surface area contributed by atoms with Gasteiger partial charge in [-0.2, -0.15) is 0 Å². The highest BCUT2D eigenvalue weighted by Gasteiger charge is 2.27. The molecule has 0 saturated heterocycles. The van der Waals surface area contributed by atoms with Gasteiger partial charge in [0.15, 0.2) is 0 Å². The van der Waals surface area contributed by atoms with E-state index in [1.165, 1.54) is 17.2 Å². The van der Waals surface area contributed by atoms with Crippen molar-refractivity contribution in [3.05, 3.63) is 65.0 Å². The van der Waals surface area contributed by atoms with Gasteiger partial charge < -0.3 is 4.74 Å². The van der Waals surface area contributed by atoms with Crippen molar-refractivity contribution in [1.82, 2.24) is 0 Å². The molecule has 2 unspecified atom stereocenters. The smallest absolute Gasteiger partial charge is 0.123 e. The van der Waals surface area contributed by atoms with Crippen LogP contribution in [0, 0.1) is 11.7 Å². The van der Waals surface area contributed by atoms with E-state index < -0.39 is 0 Å². The van der Waals surface area contributed by atoms with Crippen LogP contribution in [0.5, 0.6) is 5.75 Å². The molecule has 0 saturated carbocycles. The Labute approximate surface area is 133 Å². The molecule has 2 aromatic carbocycles. The summed E-state index contributed by atoms with van der Waals surface area (Å²) in [5.41, 5.74) is 3.76. The zero-order chi connectivity index (χ0) is 14.8. The Morgan fingerprint density at radius 3 is 2.71 bits per heavy atom. The minimum absolute atomic E-state index is 0.108. The van der Waals surface area contributed by atoms with Gasteiger partial charge in [-0.05, 0) is 54.5 Å². The third-order valence-corrected chi connectivity index (χ3v) is 5.53. The molecule has 0 heterocycles. The van der Waals surface area contributed by atoms with Crippen LogP contribution >= 0.6 is 15.9 Å². The van der Waals surface area contributed by atoms with E-state index in [-0.39, 0.29) is 10.6 Å². The second-order valence-corrected chi connectivity index (χ2v) is 6.55. The van der Waals surface area contributed by atoms with Gasteiger partial charge in [0.05, 0.1) is 7.11 Å². The van der Waals surface area contributed by atoms with Crippen molar-refractivity contribution < 1.29 is 9.13 Å². The topological polar surface area (TPSA) is 9.23 Å². The molecule has 0 bridgehead atoms. The molecule has 110 valence electrons. The van der Waals surface area contributed by atoms with Crippen LogP contribution in [0.4, 0.5) is 4.39 Å². The van der Waals surface area contributed by atoms with E-state index in [0.29, 0.717) is 5.92 Å². The average Bonchev–Trinajstić information content (AvgIpc) is 2.53. The summed E-state index contributed by atoms with van der Waals surface area (Å²) in [6.07, 6.45) is 3.21. The summed E-state index contributed by atoms with van der Waals surface area (Å²) in [6, 6.07) is 13.3. The highest BCUT2D eigenvalue weighted by molar-refractivity contribution is 9.09. The number of halogens is 2. The van der Waals surface area contributed by atoms with E-state index in [1.54, 1.807) is 19.2 Å². The van der Waals surface area contributed by atoms with Crippen molar-refractivity contribution >= 4 is 15.9 Å². The summed E-state index contributed by atoms with van der Waals surface area (Å²) >= 11 is 3.78. The second-order valence-electron chi connectivity index (χ2n) is 5.56. The lowest BCUT2D eigenvalue weighted by Crippen LogP contribution is -2.18. The Hall–Kier alpha value is -1.35. The monoisotopic (exact) mass is 348 g/mol. The molecular weight excluding hydrogens is 331 g/mol. The highest BCUT2D eigenvalue weighted by atomic mass is 79.9. The van der Waals surface area contributed by atoms with Gasteiger partial charge >= 0.3 is 0 Å². The molecule has 3 heteroatoms. The number of hydrogen-bond donors (Lipinski definition) is 0. The van der Waals surface area contributed by atoms with Crippen LogP contribution in [0.2, 0.25) is 0 Å². The molecule has 0 N–H and O–H groups in total. The number of hydrogen-bond acceptors (Lipinski definition) is 1. The van der Waals surface area contributed by atoms with Crippen LogP contribution < -0.4 is 4.74 Å². The molecule has 0 aromatic heterocycles. The van der Waals surface area contributed by atoms with Crippen molar-refractivity contribution in [2.45, 2.75) is 24.1 Å².